The van der Waals surface area contributed by atoms with Crippen LogP contribution >= 0.6 is 38.2 Å². The molecule has 0 radical (unpaired) electrons. The number of halogens is 3. The minimum absolute atomic E-state index is 0.00580. The van der Waals surface area contributed by atoms with Crippen LogP contribution in [-0.4, -0.2) is 8.42 Å². The average molecular weight is 396 g/mol. The third kappa shape index (κ3) is 3.67. The number of hydrogen-bond donors (Lipinski definition) is 0. The molecule has 0 spiro atoms. The highest BCUT2D eigenvalue weighted by Gasteiger charge is 2.13. The summed E-state index contributed by atoms with van der Waals surface area (Å²) in [6, 6.07) is 9.65. The minimum Gasteiger partial charge on any atom is -0.455 e. The van der Waals surface area contributed by atoms with E-state index in [1.807, 2.05) is 13.0 Å². The van der Waals surface area contributed by atoms with Gasteiger partial charge >= 0.3 is 0 Å². The van der Waals surface area contributed by atoms with Gasteiger partial charge in [-0.15, -0.1) is 0 Å². The van der Waals surface area contributed by atoms with Crippen LogP contribution in [0.1, 0.15) is 5.56 Å². The van der Waals surface area contributed by atoms with Gasteiger partial charge in [-0.1, -0.05) is 17.7 Å². The van der Waals surface area contributed by atoms with Gasteiger partial charge in [-0.3, -0.25) is 0 Å². The van der Waals surface area contributed by atoms with Crippen molar-refractivity contribution in [3.05, 3.63) is 51.5 Å². The highest BCUT2D eigenvalue weighted by molar-refractivity contribution is 9.10. The summed E-state index contributed by atoms with van der Waals surface area (Å²) < 4.78 is 28.6. The van der Waals surface area contributed by atoms with Gasteiger partial charge in [0.25, 0.3) is 9.05 Å². The van der Waals surface area contributed by atoms with Crippen LogP contribution in [0.5, 0.6) is 11.5 Å². The number of ether oxygens (including phenoxy) is 1. The zero-order valence-corrected chi connectivity index (χ0v) is 14.1. The van der Waals surface area contributed by atoms with E-state index < -0.39 is 9.05 Å². The number of hydrogen-bond acceptors (Lipinski definition) is 3. The van der Waals surface area contributed by atoms with Crippen molar-refractivity contribution in [3.8, 4) is 11.5 Å². The van der Waals surface area contributed by atoms with Crippen molar-refractivity contribution >= 4 is 47.3 Å². The van der Waals surface area contributed by atoms with Crippen molar-refractivity contribution in [1.29, 1.82) is 0 Å². The second-order valence-corrected chi connectivity index (χ2v) is 7.89. The molecule has 0 aliphatic rings. The standard InChI is InChI=1S/C13H9BrCl2O3S/c1-8-2-4-11(15)13(6-8)19-12-5-3-9(7-10(12)14)20(16,17)18/h2-7H,1H3. The fourth-order valence-corrected chi connectivity index (χ4v) is 3.07. The van der Waals surface area contributed by atoms with Crippen LogP contribution in [0.15, 0.2) is 45.8 Å². The summed E-state index contributed by atoms with van der Waals surface area (Å²) in [6.07, 6.45) is 0. The Hall–Kier alpha value is -0.750. The average Bonchev–Trinajstić information content (AvgIpc) is 2.35. The first-order valence-electron chi connectivity index (χ1n) is 5.45. The number of aryl methyl sites for hydroxylation is 1. The maximum Gasteiger partial charge on any atom is 0.261 e. The van der Waals surface area contributed by atoms with Crippen molar-refractivity contribution in [2.45, 2.75) is 11.8 Å². The summed E-state index contributed by atoms with van der Waals surface area (Å²) in [5, 5.41) is 0.469. The van der Waals surface area contributed by atoms with Gasteiger partial charge in [0, 0.05) is 10.7 Å². The molecule has 20 heavy (non-hydrogen) atoms. The van der Waals surface area contributed by atoms with E-state index in [9.17, 15) is 8.42 Å². The second kappa shape index (κ2) is 5.93. The molecule has 0 amide bonds. The van der Waals surface area contributed by atoms with Gasteiger partial charge in [0.05, 0.1) is 14.4 Å². The van der Waals surface area contributed by atoms with Crippen LogP contribution < -0.4 is 4.74 Å². The minimum atomic E-state index is -3.77. The first-order valence-corrected chi connectivity index (χ1v) is 8.93. The third-order valence-electron chi connectivity index (χ3n) is 2.49. The maximum atomic E-state index is 11.2. The number of benzene rings is 2. The van der Waals surface area contributed by atoms with E-state index >= 15 is 0 Å². The SMILES string of the molecule is Cc1ccc(Cl)c(Oc2ccc(S(=O)(=O)Cl)cc2Br)c1. The summed E-state index contributed by atoms with van der Waals surface area (Å²) in [6.45, 7) is 1.92. The van der Waals surface area contributed by atoms with Crippen LogP contribution in [0.4, 0.5) is 0 Å². The molecule has 106 valence electrons. The lowest BCUT2D eigenvalue weighted by Crippen LogP contribution is -1.92. The molecule has 0 saturated heterocycles. The molecule has 0 unspecified atom stereocenters. The van der Waals surface area contributed by atoms with Crippen molar-refractivity contribution in [2.24, 2.45) is 0 Å². The predicted molar refractivity (Wildman–Crippen MR) is 83.4 cm³/mol. The van der Waals surface area contributed by atoms with Crippen LogP contribution in [0.2, 0.25) is 5.02 Å². The molecule has 0 aliphatic heterocycles. The Morgan fingerprint density at radius 1 is 1.10 bits per heavy atom. The van der Waals surface area contributed by atoms with E-state index in [4.69, 9.17) is 27.0 Å². The van der Waals surface area contributed by atoms with Gasteiger partial charge in [0.2, 0.25) is 0 Å². The summed E-state index contributed by atoms with van der Waals surface area (Å²) in [5.41, 5.74) is 1.00. The molecule has 2 rings (SSSR count). The molecule has 2 aromatic rings. The van der Waals surface area contributed by atoms with E-state index in [2.05, 4.69) is 15.9 Å². The van der Waals surface area contributed by atoms with Gasteiger partial charge < -0.3 is 4.74 Å². The van der Waals surface area contributed by atoms with Gasteiger partial charge in [-0.2, -0.15) is 0 Å². The number of rotatable bonds is 3. The summed E-state index contributed by atoms with van der Waals surface area (Å²) >= 11 is 9.29. The normalized spacial score (nSPS) is 11.4. The summed E-state index contributed by atoms with van der Waals surface area (Å²) in [5.74, 6) is 0.940. The Balaban J connectivity index is 2.38. The van der Waals surface area contributed by atoms with Crippen LogP contribution in [0.3, 0.4) is 0 Å². The Morgan fingerprint density at radius 2 is 1.80 bits per heavy atom. The molecule has 0 aliphatic carbocycles. The van der Waals surface area contributed by atoms with E-state index in [0.29, 0.717) is 21.0 Å². The topological polar surface area (TPSA) is 43.4 Å². The monoisotopic (exact) mass is 394 g/mol. The molecule has 2 aromatic carbocycles. The smallest absolute Gasteiger partial charge is 0.261 e. The van der Waals surface area contributed by atoms with Crippen molar-refractivity contribution in [1.82, 2.24) is 0 Å². The molecule has 0 atom stereocenters. The zero-order valence-electron chi connectivity index (χ0n) is 10.2. The van der Waals surface area contributed by atoms with Gasteiger partial charge in [-0.25, -0.2) is 8.42 Å². The van der Waals surface area contributed by atoms with E-state index in [0.717, 1.165) is 5.56 Å². The maximum absolute atomic E-state index is 11.2. The lowest BCUT2D eigenvalue weighted by molar-refractivity contribution is 0.479. The molecule has 0 N–H and O–H groups in total. The van der Waals surface area contributed by atoms with Crippen LogP contribution in [0, 0.1) is 6.92 Å². The highest BCUT2D eigenvalue weighted by atomic mass is 79.9. The van der Waals surface area contributed by atoms with Gasteiger partial charge in [0.15, 0.2) is 0 Å². The summed E-state index contributed by atoms with van der Waals surface area (Å²) in [7, 11) is 1.51. The highest BCUT2D eigenvalue weighted by Crippen LogP contribution is 2.35. The van der Waals surface area contributed by atoms with Crippen LogP contribution in [-0.2, 0) is 9.05 Å². The summed E-state index contributed by atoms with van der Waals surface area (Å²) in [4.78, 5) is -0.00580. The second-order valence-electron chi connectivity index (χ2n) is 4.07. The van der Waals surface area contributed by atoms with Gasteiger partial charge in [0.1, 0.15) is 11.5 Å². The fourth-order valence-electron chi connectivity index (χ4n) is 1.52. The Bertz CT molecular complexity index is 760. The Kier molecular flexibility index (Phi) is 4.64. The Morgan fingerprint density at radius 3 is 2.40 bits per heavy atom. The molecular weight excluding hydrogens is 387 g/mol. The molecule has 0 fully saturated rings. The quantitative estimate of drug-likeness (QED) is 0.676. The molecule has 7 heteroatoms. The van der Waals surface area contributed by atoms with E-state index in [1.54, 1.807) is 12.1 Å². The predicted octanol–water partition coefficient (Wildman–Crippen LogP) is 5.13. The van der Waals surface area contributed by atoms with Crippen molar-refractivity contribution in [3.63, 3.8) is 0 Å². The first-order chi connectivity index (χ1) is 9.27. The van der Waals surface area contributed by atoms with Crippen LogP contribution in [0.25, 0.3) is 0 Å². The fraction of sp³-hybridized carbons (Fsp3) is 0.0769. The lowest BCUT2D eigenvalue weighted by Gasteiger charge is -2.10. The van der Waals surface area contributed by atoms with E-state index in [1.165, 1.54) is 18.2 Å². The lowest BCUT2D eigenvalue weighted by atomic mass is 10.2. The molecule has 0 bridgehead atoms. The molecular formula is C13H9BrCl2O3S. The Labute approximate surface area is 135 Å². The molecule has 0 heterocycles. The molecule has 0 aromatic heterocycles. The third-order valence-corrected chi connectivity index (χ3v) is 4.77. The van der Waals surface area contributed by atoms with Crippen molar-refractivity contribution in [2.75, 3.05) is 0 Å². The zero-order chi connectivity index (χ0) is 14.9. The molecule has 0 saturated carbocycles. The van der Waals surface area contributed by atoms with Crippen molar-refractivity contribution < 1.29 is 13.2 Å². The van der Waals surface area contributed by atoms with Gasteiger partial charge in [-0.05, 0) is 58.7 Å². The molecule has 3 nitrogen and oxygen atoms in total. The largest absolute Gasteiger partial charge is 0.455 e. The first kappa shape index (κ1) is 15.6. The van der Waals surface area contributed by atoms with E-state index in [-0.39, 0.29) is 4.90 Å².